The number of nitrogens with one attached hydrogen (secondary N) is 2. The summed E-state index contributed by atoms with van der Waals surface area (Å²) in [6.45, 7) is -0.777. The van der Waals surface area contributed by atoms with Crippen LogP contribution in [0.3, 0.4) is 0 Å². The third kappa shape index (κ3) is 7.23. The number of carbonyl (C=O) groups excluding carboxylic acids is 3. The molecule has 0 aliphatic rings. The molecule has 132 valence electrons. The van der Waals surface area contributed by atoms with Gasteiger partial charge in [-0.15, -0.1) is 0 Å². The Hall–Kier alpha value is -2.58. The average molecular weight is 383 g/mol. The minimum atomic E-state index is -0.654. The Balaban J connectivity index is 1.59. The predicted molar refractivity (Wildman–Crippen MR) is 92.2 cm³/mol. The lowest BCUT2D eigenvalue weighted by Crippen LogP contribution is -2.45. The van der Waals surface area contributed by atoms with Crippen LogP contribution in [0.4, 0.5) is 0 Å². The number of amides is 2. The van der Waals surface area contributed by atoms with E-state index < -0.39 is 24.4 Å². The lowest BCUT2D eigenvalue weighted by atomic mass is 10.2. The van der Waals surface area contributed by atoms with Gasteiger partial charge in [-0.1, -0.05) is 11.6 Å². The van der Waals surface area contributed by atoms with Gasteiger partial charge in [-0.2, -0.15) is 11.3 Å². The van der Waals surface area contributed by atoms with Crippen molar-refractivity contribution in [3.8, 4) is 5.75 Å². The third-order valence-corrected chi connectivity index (χ3v) is 3.80. The highest BCUT2D eigenvalue weighted by Gasteiger charge is 2.10. The van der Waals surface area contributed by atoms with E-state index in [0.717, 1.165) is 5.56 Å². The van der Waals surface area contributed by atoms with Crippen LogP contribution < -0.4 is 15.6 Å². The van der Waals surface area contributed by atoms with Gasteiger partial charge in [0.2, 0.25) is 0 Å². The fourth-order valence-corrected chi connectivity index (χ4v) is 2.44. The Bertz CT molecular complexity index is 719. The monoisotopic (exact) mass is 382 g/mol. The van der Waals surface area contributed by atoms with Gasteiger partial charge < -0.3 is 9.47 Å². The predicted octanol–water partition coefficient (Wildman–Crippen LogP) is 1.71. The molecule has 1 aromatic heterocycles. The third-order valence-electron chi connectivity index (χ3n) is 2.82. The van der Waals surface area contributed by atoms with Crippen molar-refractivity contribution in [2.75, 3.05) is 13.2 Å². The summed E-state index contributed by atoms with van der Waals surface area (Å²) < 4.78 is 10.0. The first-order chi connectivity index (χ1) is 12.0. The number of carbonyl (C=O) groups is 3. The Labute approximate surface area is 152 Å². The summed E-state index contributed by atoms with van der Waals surface area (Å²) in [6.07, 6.45) is 0.0953. The number of benzene rings is 1. The van der Waals surface area contributed by atoms with E-state index in [4.69, 9.17) is 21.1 Å². The molecule has 25 heavy (non-hydrogen) atoms. The zero-order valence-corrected chi connectivity index (χ0v) is 14.6. The fourth-order valence-electron chi connectivity index (χ4n) is 1.65. The summed E-state index contributed by atoms with van der Waals surface area (Å²) in [7, 11) is 0. The molecule has 2 rings (SSSR count). The smallest absolute Gasteiger partial charge is 0.310 e. The van der Waals surface area contributed by atoms with Crippen LogP contribution in [0, 0.1) is 0 Å². The fraction of sp³-hybridized carbons (Fsp3) is 0.188. The zero-order valence-electron chi connectivity index (χ0n) is 13.0. The van der Waals surface area contributed by atoms with Gasteiger partial charge in [-0.25, -0.2) is 0 Å². The first-order valence-electron chi connectivity index (χ1n) is 7.15. The van der Waals surface area contributed by atoms with Crippen LogP contribution in [0.5, 0.6) is 5.75 Å². The maximum absolute atomic E-state index is 11.6. The molecule has 0 saturated heterocycles. The minimum absolute atomic E-state index is 0.0953. The highest BCUT2D eigenvalue weighted by molar-refractivity contribution is 7.08. The Morgan fingerprint density at radius 2 is 1.68 bits per heavy atom. The van der Waals surface area contributed by atoms with E-state index in [1.807, 2.05) is 10.8 Å². The van der Waals surface area contributed by atoms with Gasteiger partial charge in [0.25, 0.3) is 11.8 Å². The molecule has 0 aliphatic heterocycles. The Morgan fingerprint density at radius 3 is 2.32 bits per heavy atom. The van der Waals surface area contributed by atoms with E-state index in [-0.39, 0.29) is 13.0 Å². The number of hydrazine groups is 1. The number of rotatable bonds is 7. The van der Waals surface area contributed by atoms with E-state index in [1.165, 1.54) is 11.3 Å². The first-order valence-corrected chi connectivity index (χ1v) is 8.48. The lowest BCUT2D eigenvalue weighted by molar-refractivity contribution is -0.148. The molecule has 0 unspecified atom stereocenters. The standard InChI is InChI=1S/C16H15ClN2O5S/c17-12-1-3-13(4-2-12)23-8-14(20)18-19-15(21)9-24-16(22)7-11-5-6-25-10-11/h1-6,10H,7-9H2,(H,18,20)(H,19,21). The van der Waals surface area contributed by atoms with Crippen LogP contribution in [0.1, 0.15) is 5.56 Å². The quantitative estimate of drug-likeness (QED) is 0.561. The van der Waals surface area contributed by atoms with E-state index in [0.29, 0.717) is 10.8 Å². The molecule has 9 heteroatoms. The summed E-state index contributed by atoms with van der Waals surface area (Å²) in [5.41, 5.74) is 5.10. The van der Waals surface area contributed by atoms with Crippen molar-refractivity contribution in [3.63, 3.8) is 0 Å². The molecule has 0 bridgehead atoms. The van der Waals surface area contributed by atoms with E-state index in [2.05, 4.69) is 10.9 Å². The molecule has 0 radical (unpaired) electrons. The number of halogens is 1. The molecule has 2 aromatic rings. The van der Waals surface area contributed by atoms with Crippen molar-refractivity contribution in [3.05, 3.63) is 51.7 Å². The van der Waals surface area contributed by atoms with Crippen molar-refractivity contribution in [1.29, 1.82) is 0 Å². The molecule has 2 amide bonds. The van der Waals surface area contributed by atoms with Crippen LogP contribution in [0.25, 0.3) is 0 Å². The van der Waals surface area contributed by atoms with Crippen molar-refractivity contribution in [2.24, 2.45) is 0 Å². The van der Waals surface area contributed by atoms with E-state index in [9.17, 15) is 14.4 Å². The van der Waals surface area contributed by atoms with Gasteiger partial charge in [0.1, 0.15) is 5.75 Å². The van der Waals surface area contributed by atoms with Crippen molar-refractivity contribution in [1.82, 2.24) is 10.9 Å². The molecule has 0 aliphatic carbocycles. The van der Waals surface area contributed by atoms with Gasteiger partial charge in [-0.3, -0.25) is 25.2 Å². The molecular formula is C16H15ClN2O5S. The van der Waals surface area contributed by atoms with Gasteiger partial charge >= 0.3 is 5.97 Å². The van der Waals surface area contributed by atoms with Gasteiger partial charge in [0, 0.05) is 5.02 Å². The molecule has 7 nitrogen and oxygen atoms in total. The number of hydrogen-bond donors (Lipinski definition) is 2. The largest absolute Gasteiger partial charge is 0.484 e. The normalized spacial score (nSPS) is 9.96. The van der Waals surface area contributed by atoms with Crippen LogP contribution in [-0.4, -0.2) is 31.0 Å². The van der Waals surface area contributed by atoms with Gasteiger partial charge in [0.05, 0.1) is 6.42 Å². The van der Waals surface area contributed by atoms with Crippen molar-refractivity contribution in [2.45, 2.75) is 6.42 Å². The zero-order chi connectivity index (χ0) is 18.1. The lowest BCUT2D eigenvalue weighted by Gasteiger charge is -2.09. The summed E-state index contributed by atoms with van der Waals surface area (Å²) >= 11 is 7.20. The highest BCUT2D eigenvalue weighted by atomic mass is 35.5. The topological polar surface area (TPSA) is 93.7 Å². The first kappa shape index (κ1) is 18.8. The number of thiophene rings is 1. The molecular weight excluding hydrogens is 368 g/mol. The summed E-state index contributed by atoms with van der Waals surface area (Å²) in [5.74, 6) is -1.27. The molecule has 1 heterocycles. The molecule has 2 N–H and O–H groups in total. The van der Waals surface area contributed by atoms with Crippen molar-refractivity contribution >= 4 is 40.7 Å². The number of hydrogen-bond acceptors (Lipinski definition) is 6. The van der Waals surface area contributed by atoms with Gasteiger partial charge in [-0.05, 0) is 46.7 Å². The summed E-state index contributed by atoms with van der Waals surface area (Å²) in [4.78, 5) is 34.6. The number of esters is 1. The second-order valence-electron chi connectivity index (χ2n) is 4.81. The van der Waals surface area contributed by atoms with Crippen LogP contribution in [0.2, 0.25) is 5.02 Å². The molecule has 0 fully saturated rings. The minimum Gasteiger partial charge on any atom is -0.484 e. The summed E-state index contributed by atoms with van der Waals surface area (Å²) in [5, 5.41) is 4.22. The van der Waals surface area contributed by atoms with E-state index in [1.54, 1.807) is 30.3 Å². The molecule has 0 spiro atoms. The van der Waals surface area contributed by atoms with E-state index >= 15 is 0 Å². The molecule has 0 saturated carbocycles. The Morgan fingerprint density at radius 1 is 1.00 bits per heavy atom. The van der Waals surface area contributed by atoms with Crippen molar-refractivity contribution < 1.29 is 23.9 Å². The maximum Gasteiger partial charge on any atom is 0.310 e. The average Bonchev–Trinajstić information content (AvgIpc) is 3.10. The molecule has 0 atom stereocenters. The maximum atomic E-state index is 11.6. The van der Waals surface area contributed by atoms with Crippen LogP contribution in [0.15, 0.2) is 41.1 Å². The highest BCUT2D eigenvalue weighted by Crippen LogP contribution is 2.15. The second-order valence-corrected chi connectivity index (χ2v) is 6.02. The van der Waals surface area contributed by atoms with Crippen LogP contribution >= 0.6 is 22.9 Å². The van der Waals surface area contributed by atoms with Crippen LogP contribution in [-0.2, 0) is 25.5 Å². The Kier molecular flexibility index (Phi) is 7.24. The van der Waals surface area contributed by atoms with Gasteiger partial charge in [0.15, 0.2) is 13.2 Å². The molecule has 1 aromatic carbocycles. The number of ether oxygens (including phenoxy) is 2. The SMILES string of the molecule is O=C(COC(=O)Cc1ccsc1)NNC(=O)COc1ccc(Cl)cc1. The summed E-state index contributed by atoms with van der Waals surface area (Å²) in [6, 6.07) is 8.28. The second kappa shape index (κ2) is 9.65.